The van der Waals surface area contributed by atoms with Crippen molar-refractivity contribution in [3.8, 4) is 5.88 Å². The molecule has 0 fully saturated rings. The van der Waals surface area contributed by atoms with Crippen molar-refractivity contribution >= 4 is 11.8 Å². The SMILES string of the molecule is COc1ncc(COC[C@@H](C)NC(=O)OC(C)(C)C)cc1N. The fourth-order valence-corrected chi connectivity index (χ4v) is 1.67. The summed E-state index contributed by atoms with van der Waals surface area (Å²) in [6.07, 6.45) is 1.18. The number of nitrogen functional groups attached to an aromatic ring is 1. The van der Waals surface area contributed by atoms with Crippen molar-refractivity contribution in [2.45, 2.75) is 45.9 Å². The van der Waals surface area contributed by atoms with Gasteiger partial charge in [-0.25, -0.2) is 9.78 Å². The molecule has 0 aliphatic rings. The smallest absolute Gasteiger partial charge is 0.407 e. The molecule has 1 rings (SSSR count). The lowest BCUT2D eigenvalue weighted by molar-refractivity contribution is 0.0442. The van der Waals surface area contributed by atoms with Gasteiger partial charge in [-0.3, -0.25) is 0 Å². The number of nitrogens with one attached hydrogen (secondary N) is 1. The molecule has 3 N–H and O–H groups in total. The largest absolute Gasteiger partial charge is 0.480 e. The van der Waals surface area contributed by atoms with Crippen LogP contribution in [0.3, 0.4) is 0 Å². The maximum Gasteiger partial charge on any atom is 0.407 e. The molecule has 124 valence electrons. The van der Waals surface area contributed by atoms with E-state index in [1.54, 1.807) is 12.3 Å². The fourth-order valence-electron chi connectivity index (χ4n) is 1.67. The number of rotatable bonds is 6. The molecule has 1 aromatic heterocycles. The lowest BCUT2D eigenvalue weighted by Crippen LogP contribution is -2.39. The quantitative estimate of drug-likeness (QED) is 0.835. The van der Waals surface area contributed by atoms with Crippen LogP contribution in [0.5, 0.6) is 5.88 Å². The Morgan fingerprint density at radius 3 is 2.68 bits per heavy atom. The van der Waals surface area contributed by atoms with Crippen LogP contribution in [-0.4, -0.2) is 36.4 Å². The second-order valence-electron chi connectivity index (χ2n) is 6.00. The summed E-state index contributed by atoms with van der Waals surface area (Å²) in [5, 5.41) is 2.71. The maximum absolute atomic E-state index is 11.6. The lowest BCUT2D eigenvalue weighted by atomic mass is 10.2. The number of nitrogens with two attached hydrogens (primary N) is 1. The van der Waals surface area contributed by atoms with E-state index in [1.165, 1.54) is 7.11 Å². The van der Waals surface area contributed by atoms with Crippen LogP contribution in [0.15, 0.2) is 12.3 Å². The van der Waals surface area contributed by atoms with E-state index in [4.69, 9.17) is 19.9 Å². The summed E-state index contributed by atoms with van der Waals surface area (Å²) in [6, 6.07) is 1.58. The van der Waals surface area contributed by atoms with Crippen molar-refractivity contribution in [1.29, 1.82) is 0 Å². The maximum atomic E-state index is 11.6. The van der Waals surface area contributed by atoms with Crippen molar-refractivity contribution in [2.75, 3.05) is 19.5 Å². The second-order valence-corrected chi connectivity index (χ2v) is 6.00. The number of hydrogen-bond donors (Lipinski definition) is 2. The predicted molar refractivity (Wildman–Crippen MR) is 83.7 cm³/mol. The highest BCUT2D eigenvalue weighted by Gasteiger charge is 2.17. The van der Waals surface area contributed by atoms with E-state index in [0.29, 0.717) is 24.8 Å². The number of ether oxygens (including phenoxy) is 3. The molecular formula is C15H25N3O4. The zero-order chi connectivity index (χ0) is 16.8. The number of carbonyl (C=O) groups is 1. The molecule has 1 aromatic rings. The van der Waals surface area contributed by atoms with E-state index in [0.717, 1.165) is 5.56 Å². The normalized spacial score (nSPS) is 12.6. The van der Waals surface area contributed by atoms with E-state index in [-0.39, 0.29) is 6.04 Å². The van der Waals surface area contributed by atoms with Crippen LogP contribution in [0.1, 0.15) is 33.3 Å². The van der Waals surface area contributed by atoms with Gasteiger partial charge in [-0.05, 0) is 39.3 Å². The number of pyridine rings is 1. The van der Waals surface area contributed by atoms with Crippen molar-refractivity contribution in [2.24, 2.45) is 0 Å². The van der Waals surface area contributed by atoms with Gasteiger partial charge in [-0.15, -0.1) is 0 Å². The zero-order valence-electron chi connectivity index (χ0n) is 13.8. The van der Waals surface area contributed by atoms with Crippen LogP contribution in [0.25, 0.3) is 0 Å². The Balaban J connectivity index is 2.34. The Labute approximate surface area is 131 Å². The van der Waals surface area contributed by atoms with E-state index in [2.05, 4.69) is 10.3 Å². The summed E-state index contributed by atoms with van der Waals surface area (Å²) >= 11 is 0. The first-order valence-electron chi connectivity index (χ1n) is 7.07. The summed E-state index contributed by atoms with van der Waals surface area (Å²) in [6.45, 7) is 7.98. The summed E-state index contributed by atoms with van der Waals surface area (Å²) < 4.78 is 15.7. The van der Waals surface area contributed by atoms with Crippen molar-refractivity contribution in [3.63, 3.8) is 0 Å². The van der Waals surface area contributed by atoms with Gasteiger partial charge in [0, 0.05) is 6.20 Å². The van der Waals surface area contributed by atoms with Gasteiger partial charge in [-0.2, -0.15) is 0 Å². The number of anilines is 1. The molecule has 0 unspecified atom stereocenters. The number of amides is 1. The number of carbonyl (C=O) groups excluding carboxylic acids is 1. The molecule has 0 bridgehead atoms. The zero-order valence-corrected chi connectivity index (χ0v) is 13.8. The first kappa shape index (κ1) is 18.0. The van der Waals surface area contributed by atoms with Crippen LogP contribution < -0.4 is 15.8 Å². The first-order chi connectivity index (χ1) is 10.2. The number of nitrogens with zero attached hydrogens (tertiary/aromatic N) is 1. The summed E-state index contributed by atoms with van der Waals surface area (Å²) in [5.41, 5.74) is 6.55. The summed E-state index contributed by atoms with van der Waals surface area (Å²) in [4.78, 5) is 15.7. The van der Waals surface area contributed by atoms with E-state index >= 15 is 0 Å². The summed E-state index contributed by atoms with van der Waals surface area (Å²) in [7, 11) is 1.51. The minimum Gasteiger partial charge on any atom is -0.480 e. The molecule has 0 aromatic carbocycles. The highest BCUT2D eigenvalue weighted by Crippen LogP contribution is 2.18. The minimum absolute atomic E-state index is 0.168. The molecule has 1 amide bonds. The summed E-state index contributed by atoms with van der Waals surface area (Å²) in [5.74, 6) is 0.392. The van der Waals surface area contributed by atoms with Gasteiger partial charge in [0.25, 0.3) is 0 Å². The minimum atomic E-state index is -0.517. The Morgan fingerprint density at radius 2 is 2.14 bits per heavy atom. The van der Waals surface area contributed by atoms with Gasteiger partial charge in [0.05, 0.1) is 32.1 Å². The van der Waals surface area contributed by atoms with Gasteiger partial charge in [0.15, 0.2) is 0 Å². The molecule has 0 saturated heterocycles. The van der Waals surface area contributed by atoms with Crippen molar-refractivity contribution < 1.29 is 19.0 Å². The molecule has 7 nitrogen and oxygen atoms in total. The Morgan fingerprint density at radius 1 is 1.45 bits per heavy atom. The number of methoxy groups -OCH3 is 1. The van der Waals surface area contributed by atoms with Crippen LogP contribution in [-0.2, 0) is 16.1 Å². The molecule has 1 heterocycles. The standard InChI is InChI=1S/C15H25N3O4/c1-10(18-14(19)22-15(2,3)4)8-21-9-11-6-12(16)13(20-5)17-7-11/h6-7,10H,8-9,16H2,1-5H3,(H,18,19)/t10-/m1/s1. The molecule has 1 atom stereocenters. The monoisotopic (exact) mass is 311 g/mol. The Bertz CT molecular complexity index is 500. The molecule has 0 radical (unpaired) electrons. The molecular weight excluding hydrogens is 286 g/mol. The van der Waals surface area contributed by atoms with Crippen LogP contribution >= 0.6 is 0 Å². The highest BCUT2D eigenvalue weighted by molar-refractivity contribution is 5.68. The van der Waals surface area contributed by atoms with Crippen LogP contribution in [0, 0.1) is 0 Å². The molecule has 0 saturated carbocycles. The van der Waals surface area contributed by atoms with Gasteiger partial charge in [-0.1, -0.05) is 0 Å². The van der Waals surface area contributed by atoms with E-state index < -0.39 is 11.7 Å². The molecule has 0 spiro atoms. The molecule has 0 aliphatic carbocycles. The van der Waals surface area contributed by atoms with E-state index in [1.807, 2.05) is 27.7 Å². The van der Waals surface area contributed by atoms with Crippen molar-refractivity contribution in [1.82, 2.24) is 10.3 Å². The molecule has 7 heteroatoms. The van der Waals surface area contributed by atoms with Gasteiger partial charge < -0.3 is 25.3 Å². The van der Waals surface area contributed by atoms with Crippen molar-refractivity contribution in [3.05, 3.63) is 17.8 Å². The molecule has 0 aliphatic heterocycles. The Kier molecular flexibility index (Phi) is 6.42. The Hall–Kier alpha value is -2.02. The average Bonchev–Trinajstić information content (AvgIpc) is 2.36. The number of hydrogen-bond acceptors (Lipinski definition) is 6. The van der Waals surface area contributed by atoms with Gasteiger partial charge in [0.2, 0.25) is 5.88 Å². The van der Waals surface area contributed by atoms with Crippen LogP contribution in [0.4, 0.5) is 10.5 Å². The third-order valence-electron chi connectivity index (χ3n) is 2.53. The van der Waals surface area contributed by atoms with Crippen LogP contribution in [0.2, 0.25) is 0 Å². The number of aromatic nitrogens is 1. The lowest BCUT2D eigenvalue weighted by Gasteiger charge is -2.22. The predicted octanol–water partition coefficient (Wildman–Crippen LogP) is 2.10. The average molecular weight is 311 g/mol. The highest BCUT2D eigenvalue weighted by atomic mass is 16.6. The second kappa shape index (κ2) is 7.84. The third-order valence-corrected chi connectivity index (χ3v) is 2.53. The van der Waals surface area contributed by atoms with Gasteiger partial charge >= 0.3 is 6.09 Å². The molecule has 22 heavy (non-hydrogen) atoms. The van der Waals surface area contributed by atoms with Gasteiger partial charge in [0.1, 0.15) is 5.60 Å². The fraction of sp³-hybridized carbons (Fsp3) is 0.600. The topological polar surface area (TPSA) is 95.7 Å². The first-order valence-corrected chi connectivity index (χ1v) is 7.07. The number of alkyl carbamates (subject to hydrolysis) is 1. The van der Waals surface area contributed by atoms with E-state index in [9.17, 15) is 4.79 Å². The third kappa shape index (κ3) is 6.62.